The first kappa shape index (κ1) is 15.7. The molecule has 0 aliphatic rings. The monoisotopic (exact) mass is 260 g/mol. The summed E-state index contributed by atoms with van der Waals surface area (Å²) >= 11 is 0. The van der Waals surface area contributed by atoms with E-state index in [9.17, 15) is 5.11 Å². The van der Waals surface area contributed by atoms with Crippen molar-refractivity contribution in [3.63, 3.8) is 0 Å². The Balaban J connectivity index is 2.21. The Morgan fingerprint density at radius 3 is 2.32 bits per heavy atom. The van der Waals surface area contributed by atoms with E-state index in [0.29, 0.717) is 32.5 Å². The zero-order chi connectivity index (χ0) is 14.0. The maximum Gasteiger partial charge on any atom is 0.0716 e. The van der Waals surface area contributed by atoms with E-state index in [4.69, 9.17) is 4.74 Å². The van der Waals surface area contributed by atoms with Crippen molar-refractivity contribution in [2.45, 2.75) is 37.9 Å². The lowest BCUT2D eigenvalue weighted by Crippen LogP contribution is -2.27. The molecule has 0 bridgehead atoms. The molecule has 0 amide bonds. The first-order valence-corrected chi connectivity index (χ1v) is 6.76. The van der Waals surface area contributed by atoms with Gasteiger partial charge < -0.3 is 9.84 Å². The quantitative estimate of drug-likeness (QED) is 0.511. The van der Waals surface area contributed by atoms with Crippen LogP contribution in [0.2, 0.25) is 0 Å². The molecule has 104 valence electrons. The average Bonchev–Trinajstić information content (AvgIpc) is 2.40. The smallest absolute Gasteiger partial charge is 0.0716 e. The molecular formula is C17H24O2. The van der Waals surface area contributed by atoms with Gasteiger partial charge in [-0.05, 0) is 31.2 Å². The molecule has 2 heteroatoms. The van der Waals surface area contributed by atoms with Crippen LogP contribution < -0.4 is 0 Å². The fraction of sp³-hybridized carbons (Fsp3) is 0.412. The van der Waals surface area contributed by atoms with Crippen molar-refractivity contribution in [3.05, 3.63) is 61.2 Å². The van der Waals surface area contributed by atoms with Gasteiger partial charge in [0.05, 0.1) is 12.2 Å². The molecule has 0 atom stereocenters. The highest BCUT2D eigenvalue weighted by atomic mass is 16.5. The molecule has 0 unspecified atom stereocenters. The van der Waals surface area contributed by atoms with Crippen LogP contribution in [0.25, 0.3) is 0 Å². The number of ether oxygens (including phenoxy) is 1. The Morgan fingerprint density at radius 2 is 1.74 bits per heavy atom. The summed E-state index contributed by atoms with van der Waals surface area (Å²) in [5.41, 5.74) is 0.467. The molecule has 1 aromatic carbocycles. The van der Waals surface area contributed by atoms with Gasteiger partial charge in [-0.25, -0.2) is 0 Å². The number of hydrogen-bond acceptors (Lipinski definition) is 2. The van der Waals surface area contributed by atoms with E-state index < -0.39 is 5.60 Å². The third kappa shape index (κ3) is 6.37. The summed E-state index contributed by atoms with van der Waals surface area (Å²) in [6.45, 7) is 8.66. The highest BCUT2D eigenvalue weighted by Gasteiger charge is 2.22. The Kier molecular flexibility index (Phi) is 7.16. The SMILES string of the molecule is C=CCC(O)(CC=C)CCCOCc1ccccc1. The molecule has 0 saturated carbocycles. The van der Waals surface area contributed by atoms with Crippen LogP contribution >= 0.6 is 0 Å². The third-order valence-corrected chi connectivity index (χ3v) is 3.09. The summed E-state index contributed by atoms with van der Waals surface area (Å²) in [6, 6.07) is 10.1. The van der Waals surface area contributed by atoms with E-state index in [1.807, 2.05) is 30.3 Å². The lowest BCUT2D eigenvalue weighted by molar-refractivity contribution is 0.0226. The van der Waals surface area contributed by atoms with Gasteiger partial charge in [0.15, 0.2) is 0 Å². The van der Waals surface area contributed by atoms with E-state index in [-0.39, 0.29) is 0 Å². The zero-order valence-electron chi connectivity index (χ0n) is 11.6. The van der Waals surface area contributed by atoms with Gasteiger partial charge in [0.1, 0.15) is 0 Å². The molecule has 19 heavy (non-hydrogen) atoms. The molecule has 2 nitrogen and oxygen atoms in total. The van der Waals surface area contributed by atoms with Crippen molar-refractivity contribution in [1.82, 2.24) is 0 Å². The largest absolute Gasteiger partial charge is 0.389 e. The number of rotatable bonds is 10. The summed E-state index contributed by atoms with van der Waals surface area (Å²) in [7, 11) is 0. The van der Waals surface area contributed by atoms with Crippen molar-refractivity contribution in [2.24, 2.45) is 0 Å². The molecule has 0 fully saturated rings. The van der Waals surface area contributed by atoms with Crippen LogP contribution in [0, 0.1) is 0 Å². The van der Waals surface area contributed by atoms with Gasteiger partial charge >= 0.3 is 0 Å². The minimum absolute atomic E-state index is 0.595. The molecule has 1 aromatic rings. The molecule has 1 N–H and O–H groups in total. The minimum Gasteiger partial charge on any atom is -0.389 e. The van der Waals surface area contributed by atoms with Gasteiger partial charge in [0.25, 0.3) is 0 Å². The van der Waals surface area contributed by atoms with Crippen LogP contribution in [0.1, 0.15) is 31.2 Å². The van der Waals surface area contributed by atoms with E-state index >= 15 is 0 Å². The van der Waals surface area contributed by atoms with Gasteiger partial charge in [-0.3, -0.25) is 0 Å². The molecule has 0 radical (unpaired) electrons. The number of hydrogen-bond donors (Lipinski definition) is 1. The van der Waals surface area contributed by atoms with Crippen LogP contribution in [-0.2, 0) is 11.3 Å². The van der Waals surface area contributed by atoms with Crippen molar-refractivity contribution in [2.75, 3.05) is 6.61 Å². The predicted octanol–water partition coefficient (Wildman–Crippen LogP) is 3.87. The van der Waals surface area contributed by atoms with Crippen molar-refractivity contribution >= 4 is 0 Å². The van der Waals surface area contributed by atoms with E-state index in [1.165, 1.54) is 5.56 Å². The van der Waals surface area contributed by atoms with Crippen molar-refractivity contribution < 1.29 is 9.84 Å². The maximum atomic E-state index is 10.3. The van der Waals surface area contributed by atoms with Crippen LogP contribution in [0.5, 0.6) is 0 Å². The van der Waals surface area contributed by atoms with Crippen molar-refractivity contribution in [1.29, 1.82) is 0 Å². The first-order valence-electron chi connectivity index (χ1n) is 6.76. The second kappa shape index (κ2) is 8.68. The lowest BCUT2D eigenvalue weighted by Gasteiger charge is -2.25. The third-order valence-electron chi connectivity index (χ3n) is 3.09. The molecule has 0 aliphatic carbocycles. The highest BCUT2D eigenvalue weighted by Crippen LogP contribution is 2.22. The van der Waals surface area contributed by atoms with Gasteiger partial charge in [0, 0.05) is 6.61 Å². The summed E-state index contributed by atoms with van der Waals surface area (Å²) in [6.07, 6.45) is 6.25. The van der Waals surface area contributed by atoms with E-state index in [2.05, 4.69) is 13.2 Å². The average molecular weight is 260 g/mol. The zero-order valence-corrected chi connectivity index (χ0v) is 11.6. The Hall–Kier alpha value is -1.38. The van der Waals surface area contributed by atoms with Gasteiger partial charge in [0.2, 0.25) is 0 Å². The predicted molar refractivity (Wildman–Crippen MR) is 79.9 cm³/mol. The second-order valence-corrected chi connectivity index (χ2v) is 4.85. The van der Waals surface area contributed by atoms with Crippen LogP contribution in [-0.4, -0.2) is 17.3 Å². The molecule has 0 saturated heterocycles. The lowest BCUT2D eigenvalue weighted by atomic mass is 9.90. The van der Waals surface area contributed by atoms with Crippen LogP contribution in [0.3, 0.4) is 0 Å². The van der Waals surface area contributed by atoms with E-state index in [0.717, 1.165) is 6.42 Å². The first-order chi connectivity index (χ1) is 9.20. The van der Waals surface area contributed by atoms with Crippen LogP contribution in [0.15, 0.2) is 55.6 Å². The summed E-state index contributed by atoms with van der Waals surface area (Å²) in [5.74, 6) is 0. The topological polar surface area (TPSA) is 29.5 Å². The van der Waals surface area contributed by atoms with Crippen LogP contribution in [0.4, 0.5) is 0 Å². The normalized spacial score (nSPS) is 11.2. The summed E-state index contributed by atoms with van der Waals surface area (Å²) in [5, 5.41) is 10.3. The summed E-state index contributed by atoms with van der Waals surface area (Å²) in [4.78, 5) is 0. The second-order valence-electron chi connectivity index (χ2n) is 4.85. The maximum absolute atomic E-state index is 10.3. The van der Waals surface area contributed by atoms with E-state index in [1.54, 1.807) is 12.2 Å². The number of aliphatic hydroxyl groups is 1. The van der Waals surface area contributed by atoms with Gasteiger partial charge in [-0.1, -0.05) is 42.5 Å². The summed E-state index contributed by atoms with van der Waals surface area (Å²) < 4.78 is 5.61. The molecule has 0 heterocycles. The Bertz CT molecular complexity index is 360. The van der Waals surface area contributed by atoms with Gasteiger partial charge in [-0.2, -0.15) is 0 Å². The van der Waals surface area contributed by atoms with Crippen molar-refractivity contribution in [3.8, 4) is 0 Å². The molecule has 0 aliphatic heterocycles. The number of benzene rings is 1. The molecule has 0 aromatic heterocycles. The highest BCUT2D eigenvalue weighted by molar-refractivity contribution is 5.13. The minimum atomic E-state index is -0.709. The molecule has 0 spiro atoms. The Morgan fingerprint density at radius 1 is 1.11 bits per heavy atom. The standard InChI is InChI=1S/C17H24O2/c1-3-11-17(18,12-4-2)13-8-14-19-15-16-9-6-5-7-10-16/h3-7,9-10,18H,1-2,8,11-15H2. The fourth-order valence-corrected chi connectivity index (χ4v) is 2.09. The molecule has 1 rings (SSSR count). The molecular weight excluding hydrogens is 236 g/mol. The fourth-order valence-electron chi connectivity index (χ4n) is 2.09. The van der Waals surface area contributed by atoms with Gasteiger partial charge in [-0.15, -0.1) is 13.2 Å². The Labute approximate surface area is 116 Å².